The minimum atomic E-state index is -0.0340. The molecule has 3 heteroatoms. The molecule has 84 valence electrons. The van der Waals surface area contributed by atoms with Gasteiger partial charge in [-0.15, -0.1) is 0 Å². The second-order valence-corrected chi connectivity index (χ2v) is 5.11. The molecule has 1 atom stereocenters. The molecule has 0 heterocycles. The largest absolute Gasteiger partial charge is 0.375 e. The van der Waals surface area contributed by atoms with Gasteiger partial charge in [0.05, 0.1) is 0 Å². The van der Waals surface area contributed by atoms with E-state index in [1.165, 1.54) is 7.11 Å². The zero-order chi connectivity index (χ0) is 11.2. The molecule has 0 saturated heterocycles. The fraction of sp³-hybridized carbons (Fsp3) is 0.909. The lowest BCUT2D eigenvalue weighted by atomic mass is 9.85. The van der Waals surface area contributed by atoms with Crippen molar-refractivity contribution in [1.29, 1.82) is 0 Å². The first-order valence-corrected chi connectivity index (χ1v) is 5.11. The van der Waals surface area contributed by atoms with Crippen LogP contribution in [0.5, 0.6) is 0 Å². The Hall–Kier alpha value is -0.570. The third kappa shape index (κ3) is 8.05. The van der Waals surface area contributed by atoms with Crippen LogP contribution >= 0.6 is 0 Å². The molecule has 0 radical (unpaired) electrons. The molecule has 0 bridgehead atoms. The van der Waals surface area contributed by atoms with E-state index in [-0.39, 0.29) is 12.5 Å². The van der Waals surface area contributed by atoms with E-state index < -0.39 is 0 Å². The number of nitrogens with one attached hydrogen (secondary N) is 1. The lowest BCUT2D eigenvalue weighted by Crippen LogP contribution is -2.32. The van der Waals surface area contributed by atoms with E-state index in [0.717, 1.165) is 13.0 Å². The molecule has 14 heavy (non-hydrogen) atoms. The lowest BCUT2D eigenvalue weighted by molar-refractivity contribution is -0.124. The average molecular weight is 201 g/mol. The molecule has 0 aromatic carbocycles. The Morgan fingerprint density at radius 2 is 2.00 bits per heavy atom. The van der Waals surface area contributed by atoms with Crippen molar-refractivity contribution in [1.82, 2.24) is 5.32 Å². The third-order valence-electron chi connectivity index (χ3n) is 1.88. The molecule has 1 amide bonds. The lowest BCUT2D eigenvalue weighted by Gasteiger charge is -2.23. The smallest absolute Gasteiger partial charge is 0.245 e. The molecule has 1 N–H and O–H groups in total. The van der Waals surface area contributed by atoms with Crippen LogP contribution in [0.4, 0.5) is 0 Å². The van der Waals surface area contributed by atoms with Gasteiger partial charge in [-0.1, -0.05) is 27.7 Å². The molecular weight excluding hydrogens is 178 g/mol. The molecular formula is C11H23NO2. The van der Waals surface area contributed by atoms with Gasteiger partial charge in [0.15, 0.2) is 0 Å². The van der Waals surface area contributed by atoms with Crippen LogP contribution in [0.2, 0.25) is 0 Å². The summed E-state index contributed by atoms with van der Waals surface area (Å²) in [6.07, 6.45) is 1.11. The molecule has 0 saturated carbocycles. The second-order valence-electron chi connectivity index (χ2n) is 5.11. The van der Waals surface area contributed by atoms with E-state index in [4.69, 9.17) is 4.74 Å². The first-order valence-electron chi connectivity index (χ1n) is 5.11. The van der Waals surface area contributed by atoms with Crippen molar-refractivity contribution in [2.75, 3.05) is 20.3 Å². The third-order valence-corrected chi connectivity index (χ3v) is 1.88. The molecule has 0 aliphatic carbocycles. The zero-order valence-electron chi connectivity index (χ0n) is 10.0. The first kappa shape index (κ1) is 13.4. The molecule has 0 aromatic rings. The summed E-state index contributed by atoms with van der Waals surface area (Å²) in [4.78, 5) is 11.1. The summed E-state index contributed by atoms with van der Waals surface area (Å²) in [5.41, 5.74) is 0.325. The molecule has 0 spiro atoms. The van der Waals surface area contributed by atoms with Gasteiger partial charge in [-0.2, -0.15) is 0 Å². The number of hydrogen-bond acceptors (Lipinski definition) is 2. The van der Waals surface area contributed by atoms with Crippen LogP contribution in [-0.4, -0.2) is 26.2 Å². The molecule has 0 aliphatic rings. The fourth-order valence-corrected chi connectivity index (χ4v) is 1.59. The van der Waals surface area contributed by atoms with Crippen LogP contribution in [0.25, 0.3) is 0 Å². The monoisotopic (exact) mass is 201 g/mol. The standard InChI is InChI=1S/C11H23NO2/c1-9(6-11(2,3)4)7-12-10(13)8-14-5/h9H,6-8H2,1-5H3,(H,12,13). The quantitative estimate of drug-likeness (QED) is 0.737. The van der Waals surface area contributed by atoms with Crippen molar-refractivity contribution in [3.05, 3.63) is 0 Å². The van der Waals surface area contributed by atoms with E-state index in [0.29, 0.717) is 11.3 Å². The van der Waals surface area contributed by atoms with Gasteiger partial charge in [-0.05, 0) is 17.8 Å². The Kier molecular flexibility index (Phi) is 5.77. The highest BCUT2D eigenvalue weighted by Gasteiger charge is 2.15. The number of ether oxygens (including phenoxy) is 1. The van der Waals surface area contributed by atoms with Gasteiger partial charge in [0, 0.05) is 13.7 Å². The van der Waals surface area contributed by atoms with Crippen LogP contribution in [0.1, 0.15) is 34.1 Å². The van der Waals surface area contributed by atoms with Gasteiger partial charge in [0.1, 0.15) is 6.61 Å². The van der Waals surface area contributed by atoms with E-state index in [1.807, 2.05) is 0 Å². The maximum Gasteiger partial charge on any atom is 0.245 e. The maximum atomic E-state index is 11.1. The Labute approximate surface area is 87.2 Å². The van der Waals surface area contributed by atoms with Crippen LogP contribution in [-0.2, 0) is 9.53 Å². The van der Waals surface area contributed by atoms with Crippen molar-refractivity contribution in [2.24, 2.45) is 11.3 Å². The molecule has 0 aliphatic heterocycles. The highest BCUT2D eigenvalue weighted by atomic mass is 16.5. The first-order chi connectivity index (χ1) is 6.35. The number of hydrogen-bond donors (Lipinski definition) is 1. The highest BCUT2D eigenvalue weighted by Crippen LogP contribution is 2.23. The number of carbonyl (C=O) groups is 1. The average Bonchev–Trinajstić information content (AvgIpc) is 1.98. The predicted molar refractivity (Wildman–Crippen MR) is 58.1 cm³/mol. The fourth-order valence-electron chi connectivity index (χ4n) is 1.59. The Morgan fingerprint density at radius 1 is 1.43 bits per heavy atom. The van der Waals surface area contributed by atoms with Crippen molar-refractivity contribution in [3.8, 4) is 0 Å². The van der Waals surface area contributed by atoms with Crippen LogP contribution in [0, 0.1) is 11.3 Å². The molecule has 0 rings (SSSR count). The molecule has 1 unspecified atom stereocenters. The maximum absolute atomic E-state index is 11.1. The summed E-state index contributed by atoms with van der Waals surface area (Å²) >= 11 is 0. The number of amides is 1. The van der Waals surface area contributed by atoms with Gasteiger partial charge in [-0.25, -0.2) is 0 Å². The van der Waals surface area contributed by atoms with Crippen molar-refractivity contribution < 1.29 is 9.53 Å². The normalized spacial score (nSPS) is 13.8. The summed E-state index contributed by atoms with van der Waals surface area (Å²) in [7, 11) is 1.53. The van der Waals surface area contributed by atoms with E-state index >= 15 is 0 Å². The topological polar surface area (TPSA) is 38.3 Å². The van der Waals surface area contributed by atoms with Crippen molar-refractivity contribution >= 4 is 5.91 Å². The molecule has 0 aromatic heterocycles. The second kappa shape index (κ2) is 6.02. The van der Waals surface area contributed by atoms with Crippen LogP contribution < -0.4 is 5.32 Å². The summed E-state index contributed by atoms with van der Waals surface area (Å²) in [6.45, 7) is 9.67. The highest BCUT2D eigenvalue weighted by molar-refractivity contribution is 5.77. The number of rotatable bonds is 5. The van der Waals surface area contributed by atoms with E-state index in [1.54, 1.807) is 0 Å². The van der Waals surface area contributed by atoms with Gasteiger partial charge >= 0.3 is 0 Å². The number of carbonyl (C=O) groups excluding carboxylic acids is 1. The van der Waals surface area contributed by atoms with Crippen molar-refractivity contribution in [2.45, 2.75) is 34.1 Å². The van der Waals surface area contributed by atoms with E-state index in [9.17, 15) is 4.79 Å². The van der Waals surface area contributed by atoms with Gasteiger partial charge in [0.25, 0.3) is 0 Å². The SMILES string of the molecule is COCC(=O)NCC(C)CC(C)(C)C. The van der Waals surface area contributed by atoms with Gasteiger partial charge in [-0.3, -0.25) is 4.79 Å². The molecule has 0 fully saturated rings. The minimum absolute atomic E-state index is 0.0340. The Balaban J connectivity index is 3.63. The Bertz CT molecular complexity index is 173. The predicted octanol–water partition coefficient (Wildman–Crippen LogP) is 1.82. The van der Waals surface area contributed by atoms with Crippen molar-refractivity contribution in [3.63, 3.8) is 0 Å². The summed E-state index contributed by atoms with van der Waals surface area (Å²) in [6, 6.07) is 0. The summed E-state index contributed by atoms with van der Waals surface area (Å²) < 4.78 is 4.72. The van der Waals surface area contributed by atoms with Gasteiger partial charge < -0.3 is 10.1 Å². The minimum Gasteiger partial charge on any atom is -0.375 e. The Morgan fingerprint density at radius 3 is 2.43 bits per heavy atom. The molecule has 3 nitrogen and oxygen atoms in total. The van der Waals surface area contributed by atoms with Crippen LogP contribution in [0.3, 0.4) is 0 Å². The zero-order valence-corrected chi connectivity index (χ0v) is 10.0. The summed E-state index contributed by atoms with van der Waals surface area (Å²) in [5, 5.41) is 2.84. The van der Waals surface area contributed by atoms with Crippen LogP contribution in [0.15, 0.2) is 0 Å². The van der Waals surface area contributed by atoms with Gasteiger partial charge in [0.2, 0.25) is 5.91 Å². The number of methoxy groups -OCH3 is 1. The summed E-state index contributed by atoms with van der Waals surface area (Å²) in [5.74, 6) is 0.476. The van der Waals surface area contributed by atoms with E-state index in [2.05, 4.69) is 33.0 Å².